The first-order valence-electron chi connectivity index (χ1n) is 9.80. The van der Waals surface area contributed by atoms with Crippen LogP contribution in [0.15, 0.2) is 48.5 Å². The summed E-state index contributed by atoms with van der Waals surface area (Å²) in [7, 11) is 3.22. The van der Waals surface area contributed by atoms with Crippen molar-refractivity contribution in [2.24, 2.45) is 5.41 Å². The molecule has 1 fully saturated rings. The fraction of sp³-hybridized carbons (Fsp3) is 0.391. The lowest BCUT2D eigenvalue weighted by Crippen LogP contribution is -2.51. The van der Waals surface area contributed by atoms with Gasteiger partial charge >= 0.3 is 0 Å². The Morgan fingerprint density at radius 1 is 1.00 bits per heavy atom. The zero-order valence-electron chi connectivity index (χ0n) is 17.2. The highest BCUT2D eigenvalue weighted by Gasteiger charge is 2.39. The predicted octanol–water partition coefficient (Wildman–Crippen LogP) is 3.26. The van der Waals surface area contributed by atoms with E-state index in [1.165, 1.54) is 0 Å². The number of methoxy groups -OCH3 is 2. The molecule has 0 aromatic heterocycles. The first-order valence-corrected chi connectivity index (χ1v) is 9.80. The van der Waals surface area contributed by atoms with Crippen LogP contribution in [-0.4, -0.2) is 44.0 Å². The Balaban J connectivity index is 1.62. The quantitative estimate of drug-likeness (QED) is 0.814. The summed E-state index contributed by atoms with van der Waals surface area (Å²) >= 11 is 0. The standard InChI is InChI=1S/C23H28N2O4/c1-23(22(27)24-15-17-5-9-19(28-2)10-6-17)13-4-14-25(16-23)21(26)18-7-11-20(29-3)12-8-18/h5-12H,4,13-16H2,1-3H3,(H,24,27)/t23-/m0/s1. The van der Waals surface area contributed by atoms with E-state index in [1.807, 2.05) is 31.2 Å². The smallest absolute Gasteiger partial charge is 0.253 e. The van der Waals surface area contributed by atoms with E-state index in [4.69, 9.17) is 9.47 Å². The molecule has 0 bridgehead atoms. The molecule has 1 N–H and O–H groups in total. The summed E-state index contributed by atoms with van der Waals surface area (Å²) in [4.78, 5) is 27.6. The summed E-state index contributed by atoms with van der Waals surface area (Å²) in [6.45, 7) is 3.45. The Bertz CT molecular complexity index is 848. The predicted molar refractivity (Wildman–Crippen MR) is 111 cm³/mol. The summed E-state index contributed by atoms with van der Waals surface area (Å²) in [5.74, 6) is 1.41. The third-order valence-corrected chi connectivity index (χ3v) is 5.48. The van der Waals surface area contributed by atoms with E-state index in [2.05, 4.69) is 5.32 Å². The molecule has 6 heteroatoms. The number of likely N-dealkylation sites (tertiary alicyclic amines) is 1. The number of amides is 2. The second kappa shape index (κ2) is 8.99. The lowest BCUT2D eigenvalue weighted by Gasteiger charge is -2.39. The maximum Gasteiger partial charge on any atom is 0.253 e. The molecular weight excluding hydrogens is 368 g/mol. The molecule has 0 spiro atoms. The molecule has 1 heterocycles. The molecule has 3 rings (SSSR count). The molecule has 0 unspecified atom stereocenters. The molecule has 0 aliphatic carbocycles. The van der Waals surface area contributed by atoms with Gasteiger partial charge in [0.2, 0.25) is 5.91 Å². The van der Waals surface area contributed by atoms with Gasteiger partial charge in [0.1, 0.15) is 11.5 Å². The fourth-order valence-electron chi connectivity index (χ4n) is 3.65. The third kappa shape index (κ3) is 4.88. The number of hydrogen-bond donors (Lipinski definition) is 1. The maximum absolute atomic E-state index is 12.9. The fourth-order valence-corrected chi connectivity index (χ4v) is 3.65. The van der Waals surface area contributed by atoms with Crippen molar-refractivity contribution in [3.63, 3.8) is 0 Å². The van der Waals surface area contributed by atoms with Crippen molar-refractivity contribution in [1.29, 1.82) is 0 Å². The van der Waals surface area contributed by atoms with Gasteiger partial charge in [-0.2, -0.15) is 0 Å². The van der Waals surface area contributed by atoms with Gasteiger partial charge in [0.25, 0.3) is 5.91 Å². The summed E-state index contributed by atoms with van der Waals surface area (Å²) in [5.41, 5.74) is 1.01. The van der Waals surface area contributed by atoms with Gasteiger partial charge in [-0.1, -0.05) is 12.1 Å². The Kier molecular flexibility index (Phi) is 6.42. The van der Waals surface area contributed by atoms with Crippen molar-refractivity contribution in [1.82, 2.24) is 10.2 Å². The van der Waals surface area contributed by atoms with E-state index in [1.54, 1.807) is 43.4 Å². The largest absolute Gasteiger partial charge is 0.497 e. The molecule has 154 valence electrons. The number of benzene rings is 2. The van der Waals surface area contributed by atoms with E-state index in [0.717, 1.165) is 24.2 Å². The van der Waals surface area contributed by atoms with Gasteiger partial charge in [-0.05, 0) is 61.7 Å². The van der Waals surface area contributed by atoms with Crippen LogP contribution in [0.4, 0.5) is 0 Å². The molecule has 6 nitrogen and oxygen atoms in total. The second-order valence-electron chi connectivity index (χ2n) is 7.65. The van der Waals surface area contributed by atoms with Crippen molar-refractivity contribution in [2.75, 3.05) is 27.3 Å². The summed E-state index contributed by atoms with van der Waals surface area (Å²) in [6, 6.07) is 14.7. The molecule has 2 aromatic carbocycles. The highest BCUT2D eigenvalue weighted by Crippen LogP contribution is 2.31. The second-order valence-corrected chi connectivity index (χ2v) is 7.65. The van der Waals surface area contributed by atoms with Crippen molar-refractivity contribution >= 4 is 11.8 Å². The first kappa shape index (κ1) is 20.7. The summed E-state index contributed by atoms with van der Waals surface area (Å²) in [5, 5.41) is 3.03. The first-order chi connectivity index (χ1) is 13.9. The van der Waals surface area contributed by atoms with Crippen LogP contribution in [0.3, 0.4) is 0 Å². The number of piperidine rings is 1. The molecule has 2 amide bonds. The van der Waals surface area contributed by atoms with E-state index in [-0.39, 0.29) is 11.8 Å². The molecular formula is C23H28N2O4. The highest BCUT2D eigenvalue weighted by atomic mass is 16.5. The molecule has 1 atom stereocenters. The molecule has 2 aromatic rings. The average Bonchev–Trinajstić information content (AvgIpc) is 2.77. The van der Waals surface area contributed by atoms with Gasteiger partial charge in [0.05, 0.1) is 19.6 Å². The van der Waals surface area contributed by atoms with Crippen LogP contribution < -0.4 is 14.8 Å². The Morgan fingerprint density at radius 3 is 2.17 bits per heavy atom. The SMILES string of the molecule is COc1ccc(CNC(=O)[C@@]2(C)CCCN(C(=O)c3ccc(OC)cc3)C2)cc1. The third-order valence-electron chi connectivity index (χ3n) is 5.48. The normalized spacial score (nSPS) is 18.8. The molecule has 1 aliphatic heterocycles. The summed E-state index contributed by atoms with van der Waals surface area (Å²) in [6.07, 6.45) is 1.56. The van der Waals surface area contributed by atoms with Gasteiger partial charge in [-0.3, -0.25) is 9.59 Å². The van der Waals surface area contributed by atoms with Crippen LogP contribution in [0.1, 0.15) is 35.7 Å². The minimum absolute atomic E-state index is 0.0273. The number of rotatable bonds is 6. The van der Waals surface area contributed by atoms with Crippen LogP contribution in [0.25, 0.3) is 0 Å². The number of nitrogens with zero attached hydrogens (tertiary/aromatic N) is 1. The van der Waals surface area contributed by atoms with Gasteiger partial charge < -0.3 is 19.7 Å². The lowest BCUT2D eigenvalue weighted by molar-refractivity contribution is -0.132. The number of ether oxygens (including phenoxy) is 2. The van der Waals surface area contributed by atoms with E-state index in [0.29, 0.717) is 30.9 Å². The highest BCUT2D eigenvalue weighted by molar-refractivity contribution is 5.95. The number of carbonyl (C=O) groups excluding carboxylic acids is 2. The van der Waals surface area contributed by atoms with Crippen molar-refractivity contribution in [2.45, 2.75) is 26.3 Å². The van der Waals surface area contributed by atoms with E-state index < -0.39 is 5.41 Å². The number of carbonyl (C=O) groups is 2. The minimum atomic E-state index is -0.604. The van der Waals surface area contributed by atoms with Crippen LogP contribution in [0.5, 0.6) is 11.5 Å². The Hall–Kier alpha value is -3.02. The molecule has 1 saturated heterocycles. The van der Waals surface area contributed by atoms with E-state index >= 15 is 0 Å². The Morgan fingerprint density at radius 2 is 1.59 bits per heavy atom. The van der Waals surface area contributed by atoms with Crippen molar-refractivity contribution in [3.8, 4) is 11.5 Å². The minimum Gasteiger partial charge on any atom is -0.497 e. The number of hydrogen-bond acceptors (Lipinski definition) is 4. The van der Waals surface area contributed by atoms with Crippen LogP contribution in [0, 0.1) is 5.41 Å². The molecule has 0 radical (unpaired) electrons. The van der Waals surface area contributed by atoms with Crippen LogP contribution in [0.2, 0.25) is 0 Å². The number of nitrogens with one attached hydrogen (secondary N) is 1. The van der Waals surface area contributed by atoms with Crippen molar-refractivity contribution < 1.29 is 19.1 Å². The molecule has 1 aliphatic rings. The van der Waals surface area contributed by atoms with Crippen molar-refractivity contribution in [3.05, 3.63) is 59.7 Å². The van der Waals surface area contributed by atoms with Gasteiger partial charge in [-0.25, -0.2) is 0 Å². The van der Waals surface area contributed by atoms with Gasteiger partial charge in [0, 0.05) is 25.2 Å². The van der Waals surface area contributed by atoms with E-state index in [9.17, 15) is 9.59 Å². The topological polar surface area (TPSA) is 67.9 Å². The average molecular weight is 396 g/mol. The van der Waals surface area contributed by atoms with Crippen LogP contribution >= 0.6 is 0 Å². The zero-order chi connectivity index (χ0) is 20.9. The monoisotopic (exact) mass is 396 g/mol. The summed E-state index contributed by atoms with van der Waals surface area (Å²) < 4.78 is 10.3. The Labute approximate surface area is 171 Å². The van der Waals surface area contributed by atoms with Gasteiger partial charge in [0.15, 0.2) is 0 Å². The lowest BCUT2D eigenvalue weighted by atomic mass is 9.80. The molecule has 29 heavy (non-hydrogen) atoms. The van der Waals surface area contributed by atoms with Gasteiger partial charge in [-0.15, -0.1) is 0 Å². The van der Waals surface area contributed by atoms with Crippen LogP contribution in [-0.2, 0) is 11.3 Å². The zero-order valence-corrected chi connectivity index (χ0v) is 17.2. The maximum atomic E-state index is 12.9. The molecule has 0 saturated carbocycles.